The van der Waals surface area contributed by atoms with Gasteiger partial charge in [0, 0.05) is 31.4 Å². The van der Waals surface area contributed by atoms with Gasteiger partial charge in [-0.3, -0.25) is 4.90 Å². The van der Waals surface area contributed by atoms with Gasteiger partial charge in [0.05, 0.1) is 0 Å². The second-order valence-corrected chi connectivity index (χ2v) is 12.1. The van der Waals surface area contributed by atoms with Gasteiger partial charge in [-0.15, -0.1) is 0 Å². The number of anilines is 1. The Kier molecular flexibility index (Phi) is 9.32. The minimum Gasteiger partial charge on any atom is -0.489 e. The third-order valence-electron chi connectivity index (χ3n) is 7.51. The largest absolute Gasteiger partial charge is 0.489 e. The fraction of sp³-hybridized carbons (Fsp3) is 0.471. The zero-order valence-electron chi connectivity index (χ0n) is 23.6. The molecule has 3 heteroatoms. The Bertz CT molecular complexity index is 1070. The van der Waals surface area contributed by atoms with Crippen molar-refractivity contribution in [2.24, 2.45) is 5.92 Å². The second kappa shape index (κ2) is 12.6. The summed E-state index contributed by atoms with van der Waals surface area (Å²) >= 11 is 0. The van der Waals surface area contributed by atoms with Crippen LogP contribution in [0.1, 0.15) is 70.6 Å². The van der Waals surface area contributed by atoms with E-state index in [1.807, 2.05) is 6.07 Å². The van der Waals surface area contributed by atoms with Gasteiger partial charge in [0.25, 0.3) is 0 Å². The molecule has 1 atom stereocenters. The van der Waals surface area contributed by atoms with Crippen LogP contribution in [-0.4, -0.2) is 30.6 Å². The lowest BCUT2D eigenvalue weighted by molar-refractivity contribution is 0.195. The molecule has 1 aliphatic heterocycles. The molecule has 0 aliphatic carbocycles. The summed E-state index contributed by atoms with van der Waals surface area (Å²) in [6.07, 6.45) is 3.71. The van der Waals surface area contributed by atoms with Gasteiger partial charge in [0.15, 0.2) is 0 Å². The molecule has 1 heterocycles. The van der Waals surface area contributed by atoms with E-state index >= 15 is 0 Å². The van der Waals surface area contributed by atoms with Gasteiger partial charge < -0.3 is 9.64 Å². The summed E-state index contributed by atoms with van der Waals surface area (Å²) in [4.78, 5) is 5.32. The Balaban J connectivity index is 1.41. The SMILES string of the molecule is CC(C)CCN(c1ccc(OCc2ccccc2)cc1)C1CCCN(Cc2ccc(C(C)(C)C)cc2)C1. The molecule has 0 saturated carbocycles. The van der Waals surface area contributed by atoms with Gasteiger partial charge in [-0.25, -0.2) is 0 Å². The predicted molar refractivity (Wildman–Crippen MR) is 157 cm³/mol. The predicted octanol–water partition coefficient (Wildman–Crippen LogP) is 8.08. The highest BCUT2D eigenvalue weighted by Crippen LogP contribution is 2.28. The van der Waals surface area contributed by atoms with Crippen LogP contribution in [0, 0.1) is 5.92 Å². The van der Waals surface area contributed by atoms with Crippen LogP contribution in [0.5, 0.6) is 5.75 Å². The maximum atomic E-state index is 6.06. The lowest BCUT2D eigenvalue weighted by atomic mass is 9.86. The second-order valence-electron chi connectivity index (χ2n) is 12.1. The van der Waals surface area contributed by atoms with Crippen molar-refractivity contribution in [3.63, 3.8) is 0 Å². The molecule has 0 N–H and O–H groups in total. The van der Waals surface area contributed by atoms with Gasteiger partial charge in [-0.1, -0.05) is 89.2 Å². The van der Waals surface area contributed by atoms with Crippen molar-refractivity contribution in [1.82, 2.24) is 4.90 Å². The Morgan fingerprint density at radius 2 is 1.59 bits per heavy atom. The molecule has 198 valence electrons. The molecule has 4 rings (SSSR count). The van der Waals surface area contributed by atoms with Crippen LogP contribution in [0.4, 0.5) is 5.69 Å². The van der Waals surface area contributed by atoms with E-state index in [-0.39, 0.29) is 5.41 Å². The quantitative estimate of drug-likeness (QED) is 0.281. The van der Waals surface area contributed by atoms with Crippen molar-refractivity contribution in [3.05, 3.63) is 95.6 Å². The lowest BCUT2D eigenvalue weighted by Crippen LogP contribution is -2.48. The molecular formula is C34H46N2O. The first kappa shape index (κ1) is 27.3. The van der Waals surface area contributed by atoms with Crippen molar-refractivity contribution in [1.29, 1.82) is 0 Å². The monoisotopic (exact) mass is 498 g/mol. The molecule has 3 aromatic carbocycles. The minimum atomic E-state index is 0.202. The van der Waals surface area contributed by atoms with Crippen LogP contribution >= 0.6 is 0 Å². The Labute approximate surface area is 225 Å². The third kappa shape index (κ3) is 8.10. The number of rotatable bonds is 10. The van der Waals surface area contributed by atoms with Gasteiger partial charge in [0.2, 0.25) is 0 Å². The molecular weight excluding hydrogens is 452 g/mol. The number of benzene rings is 3. The van der Waals surface area contributed by atoms with E-state index in [1.165, 1.54) is 48.2 Å². The first-order valence-electron chi connectivity index (χ1n) is 14.1. The zero-order chi connectivity index (χ0) is 26.3. The Hall–Kier alpha value is -2.78. The maximum absolute atomic E-state index is 6.06. The summed E-state index contributed by atoms with van der Waals surface area (Å²) in [6, 6.07) is 29.0. The van der Waals surface area contributed by atoms with Crippen molar-refractivity contribution in [3.8, 4) is 5.75 Å². The van der Waals surface area contributed by atoms with Crippen LogP contribution < -0.4 is 9.64 Å². The molecule has 37 heavy (non-hydrogen) atoms. The Morgan fingerprint density at radius 3 is 2.24 bits per heavy atom. The molecule has 0 radical (unpaired) electrons. The molecule has 3 nitrogen and oxygen atoms in total. The number of nitrogens with zero attached hydrogens (tertiary/aromatic N) is 2. The molecule has 0 aromatic heterocycles. The first-order chi connectivity index (χ1) is 17.8. The highest BCUT2D eigenvalue weighted by molar-refractivity contribution is 5.50. The van der Waals surface area contributed by atoms with E-state index in [1.54, 1.807) is 0 Å². The molecule has 0 amide bonds. The van der Waals surface area contributed by atoms with Crippen molar-refractivity contribution < 1.29 is 4.74 Å². The van der Waals surface area contributed by atoms with Crippen molar-refractivity contribution >= 4 is 5.69 Å². The number of hydrogen-bond donors (Lipinski definition) is 0. The highest BCUT2D eigenvalue weighted by Gasteiger charge is 2.26. The summed E-state index contributed by atoms with van der Waals surface area (Å²) < 4.78 is 6.06. The Morgan fingerprint density at radius 1 is 0.892 bits per heavy atom. The minimum absolute atomic E-state index is 0.202. The molecule has 3 aromatic rings. The van der Waals surface area contributed by atoms with Gasteiger partial charge in [-0.2, -0.15) is 0 Å². The molecule has 1 fully saturated rings. The smallest absolute Gasteiger partial charge is 0.119 e. The summed E-state index contributed by atoms with van der Waals surface area (Å²) in [6.45, 7) is 16.5. The van der Waals surface area contributed by atoms with Crippen LogP contribution in [0.15, 0.2) is 78.9 Å². The van der Waals surface area contributed by atoms with Crippen LogP contribution in [0.25, 0.3) is 0 Å². The van der Waals surface area contributed by atoms with E-state index in [4.69, 9.17) is 4.74 Å². The van der Waals surface area contributed by atoms with Crippen molar-refractivity contribution in [2.75, 3.05) is 24.5 Å². The lowest BCUT2D eigenvalue weighted by Gasteiger charge is -2.41. The van der Waals surface area contributed by atoms with E-state index in [0.29, 0.717) is 18.6 Å². The molecule has 1 saturated heterocycles. The summed E-state index contributed by atoms with van der Waals surface area (Å²) in [5.41, 5.74) is 5.54. The molecule has 1 aliphatic rings. The van der Waals surface area contributed by atoms with Gasteiger partial charge in [0.1, 0.15) is 12.4 Å². The fourth-order valence-corrected chi connectivity index (χ4v) is 5.19. The van der Waals surface area contributed by atoms with Crippen molar-refractivity contribution in [2.45, 2.75) is 78.5 Å². The molecule has 0 spiro atoms. The van der Waals surface area contributed by atoms with Crippen LogP contribution in [0.2, 0.25) is 0 Å². The van der Waals surface area contributed by atoms with Crippen LogP contribution in [-0.2, 0) is 18.6 Å². The zero-order valence-corrected chi connectivity index (χ0v) is 23.6. The number of likely N-dealkylation sites (tertiary alicyclic amines) is 1. The van der Waals surface area contributed by atoms with Gasteiger partial charge in [-0.05, 0) is 78.1 Å². The summed E-state index contributed by atoms with van der Waals surface area (Å²) in [5.74, 6) is 1.62. The average molecular weight is 499 g/mol. The van der Waals surface area contributed by atoms with Gasteiger partial charge >= 0.3 is 0 Å². The normalized spacial score (nSPS) is 16.6. The van der Waals surface area contributed by atoms with E-state index < -0.39 is 0 Å². The van der Waals surface area contributed by atoms with E-state index in [0.717, 1.165) is 25.4 Å². The summed E-state index contributed by atoms with van der Waals surface area (Å²) in [7, 11) is 0. The number of piperidine rings is 1. The molecule has 1 unspecified atom stereocenters. The highest BCUT2D eigenvalue weighted by atomic mass is 16.5. The van der Waals surface area contributed by atoms with E-state index in [9.17, 15) is 0 Å². The van der Waals surface area contributed by atoms with E-state index in [2.05, 4.69) is 117 Å². The third-order valence-corrected chi connectivity index (χ3v) is 7.51. The summed E-state index contributed by atoms with van der Waals surface area (Å²) in [5, 5.41) is 0. The standard InChI is InChI=1S/C34H46N2O/c1-27(2)21-23-36(31-17-19-33(20-18-31)37-26-29-10-7-6-8-11-29)32-12-9-22-35(25-32)24-28-13-15-30(16-14-28)34(3,4)5/h6-8,10-11,13-20,27,32H,9,12,21-26H2,1-5H3. The molecule has 0 bridgehead atoms. The van der Waals surface area contributed by atoms with Crippen LogP contribution in [0.3, 0.4) is 0 Å². The average Bonchev–Trinajstić information content (AvgIpc) is 2.89. The maximum Gasteiger partial charge on any atom is 0.119 e. The first-order valence-corrected chi connectivity index (χ1v) is 14.1. The number of ether oxygens (including phenoxy) is 1. The fourth-order valence-electron chi connectivity index (χ4n) is 5.19. The topological polar surface area (TPSA) is 15.7 Å². The number of hydrogen-bond acceptors (Lipinski definition) is 3.